The van der Waals surface area contributed by atoms with E-state index in [1.165, 1.54) is 16.7 Å². The molecule has 0 saturated heterocycles. The molecular weight excluding hydrogens is 298 g/mol. The topological polar surface area (TPSA) is 41.5 Å². The molecule has 0 saturated carbocycles. The van der Waals surface area contributed by atoms with E-state index in [4.69, 9.17) is 4.74 Å². The molecule has 0 aliphatic heterocycles. The molecule has 2 aromatic carbocycles. The van der Waals surface area contributed by atoms with Crippen LogP contribution in [-0.4, -0.2) is 24.4 Å². The Kier molecular flexibility index (Phi) is 6.83. The Labute approximate surface area is 145 Å². The van der Waals surface area contributed by atoms with Gasteiger partial charge in [0, 0.05) is 12.6 Å². The smallest absolute Gasteiger partial charge is 0.123 e. The fraction of sp³-hybridized carbons (Fsp3) is 0.429. The summed E-state index contributed by atoms with van der Waals surface area (Å²) in [7, 11) is 0. The number of hydrogen-bond donors (Lipinski definition) is 2. The maximum Gasteiger partial charge on any atom is 0.123 e. The number of benzene rings is 2. The van der Waals surface area contributed by atoms with Gasteiger partial charge in [-0.05, 0) is 42.5 Å². The number of hydrogen-bond acceptors (Lipinski definition) is 3. The minimum Gasteiger partial charge on any atom is -0.491 e. The zero-order valence-electron chi connectivity index (χ0n) is 15.1. The average molecular weight is 327 g/mol. The fourth-order valence-corrected chi connectivity index (χ4v) is 2.66. The van der Waals surface area contributed by atoms with Crippen LogP contribution in [-0.2, 0) is 0 Å². The highest BCUT2D eigenvalue weighted by molar-refractivity contribution is 5.39. The molecule has 0 bridgehead atoms. The van der Waals surface area contributed by atoms with E-state index in [1.54, 1.807) is 0 Å². The van der Waals surface area contributed by atoms with Crippen LogP contribution in [0.1, 0.15) is 49.4 Å². The molecule has 130 valence electrons. The monoisotopic (exact) mass is 327 g/mol. The molecule has 24 heavy (non-hydrogen) atoms. The Morgan fingerprint density at radius 1 is 1.04 bits per heavy atom. The van der Waals surface area contributed by atoms with Crippen molar-refractivity contribution >= 4 is 0 Å². The van der Waals surface area contributed by atoms with Gasteiger partial charge in [-0.15, -0.1) is 0 Å². The van der Waals surface area contributed by atoms with Gasteiger partial charge in [0.15, 0.2) is 0 Å². The molecule has 0 spiro atoms. The zero-order valence-corrected chi connectivity index (χ0v) is 15.1. The lowest BCUT2D eigenvalue weighted by molar-refractivity contribution is 0.103. The van der Waals surface area contributed by atoms with E-state index in [-0.39, 0.29) is 12.6 Å². The van der Waals surface area contributed by atoms with Gasteiger partial charge in [0.2, 0.25) is 0 Å². The maximum atomic E-state index is 10.2. The minimum atomic E-state index is -0.545. The summed E-state index contributed by atoms with van der Waals surface area (Å²) in [5, 5.41) is 13.6. The van der Waals surface area contributed by atoms with Crippen LogP contribution in [0.25, 0.3) is 0 Å². The highest BCUT2D eigenvalue weighted by atomic mass is 16.5. The molecule has 0 amide bonds. The summed E-state index contributed by atoms with van der Waals surface area (Å²) in [5.74, 6) is 1.27. The van der Waals surface area contributed by atoms with E-state index in [0.29, 0.717) is 12.5 Å². The lowest BCUT2D eigenvalue weighted by atomic mass is 10.0. The Morgan fingerprint density at radius 2 is 1.75 bits per heavy atom. The first-order chi connectivity index (χ1) is 11.5. The van der Waals surface area contributed by atoms with Gasteiger partial charge in [-0.25, -0.2) is 0 Å². The summed E-state index contributed by atoms with van der Waals surface area (Å²) in [6.45, 7) is 9.24. The Balaban J connectivity index is 1.85. The SMILES string of the molecule is Cc1ccc(C(C)C)c(OCC(O)CNC(C)c2ccccc2)c1. The molecular formula is C21H29NO2. The molecule has 0 fully saturated rings. The number of ether oxygens (including phenoxy) is 1. The zero-order chi connectivity index (χ0) is 17.5. The second-order valence-electron chi connectivity index (χ2n) is 6.70. The van der Waals surface area contributed by atoms with Gasteiger partial charge in [0.25, 0.3) is 0 Å². The van der Waals surface area contributed by atoms with Gasteiger partial charge in [-0.1, -0.05) is 56.3 Å². The number of aliphatic hydroxyl groups excluding tert-OH is 1. The van der Waals surface area contributed by atoms with Crippen LogP contribution < -0.4 is 10.1 Å². The van der Waals surface area contributed by atoms with Crippen LogP contribution >= 0.6 is 0 Å². The first kappa shape index (κ1) is 18.5. The largest absolute Gasteiger partial charge is 0.491 e. The van der Waals surface area contributed by atoms with Crippen LogP contribution in [0.5, 0.6) is 5.75 Å². The van der Waals surface area contributed by atoms with Gasteiger partial charge < -0.3 is 15.2 Å². The van der Waals surface area contributed by atoms with E-state index in [0.717, 1.165) is 5.75 Å². The summed E-state index contributed by atoms with van der Waals surface area (Å²) < 4.78 is 5.89. The van der Waals surface area contributed by atoms with Gasteiger partial charge in [-0.2, -0.15) is 0 Å². The van der Waals surface area contributed by atoms with E-state index >= 15 is 0 Å². The number of nitrogens with one attached hydrogen (secondary N) is 1. The summed E-state index contributed by atoms with van der Waals surface area (Å²) in [4.78, 5) is 0. The summed E-state index contributed by atoms with van der Waals surface area (Å²) in [6.07, 6.45) is -0.545. The van der Waals surface area contributed by atoms with Crippen molar-refractivity contribution in [2.24, 2.45) is 0 Å². The third-order valence-electron chi connectivity index (χ3n) is 4.18. The van der Waals surface area contributed by atoms with Crippen molar-refractivity contribution in [2.75, 3.05) is 13.2 Å². The van der Waals surface area contributed by atoms with Gasteiger partial charge in [-0.3, -0.25) is 0 Å². The van der Waals surface area contributed by atoms with Crippen LogP contribution in [0.4, 0.5) is 0 Å². The van der Waals surface area contributed by atoms with E-state index in [9.17, 15) is 5.11 Å². The normalized spacial score (nSPS) is 13.8. The molecule has 2 aromatic rings. The second-order valence-corrected chi connectivity index (χ2v) is 6.70. The van der Waals surface area contributed by atoms with Crippen LogP contribution in [0.3, 0.4) is 0 Å². The molecule has 2 N–H and O–H groups in total. The molecule has 0 aliphatic carbocycles. The second kappa shape index (κ2) is 8.86. The predicted molar refractivity (Wildman–Crippen MR) is 99.6 cm³/mol. The Bertz CT molecular complexity index is 625. The Hall–Kier alpha value is -1.84. The summed E-state index contributed by atoms with van der Waals surface area (Å²) >= 11 is 0. The van der Waals surface area contributed by atoms with Crippen molar-refractivity contribution < 1.29 is 9.84 Å². The molecule has 0 radical (unpaired) electrons. The third-order valence-corrected chi connectivity index (χ3v) is 4.18. The lowest BCUT2D eigenvalue weighted by Gasteiger charge is -2.20. The molecule has 3 heteroatoms. The standard InChI is InChI=1S/C21H29NO2/c1-15(2)20-11-10-16(3)12-21(20)24-14-19(23)13-22-17(4)18-8-6-5-7-9-18/h5-12,15,17,19,22-23H,13-14H2,1-4H3. The molecule has 0 aliphatic rings. The molecule has 3 nitrogen and oxygen atoms in total. The molecule has 0 aromatic heterocycles. The van der Waals surface area contributed by atoms with Crippen molar-refractivity contribution in [1.29, 1.82) is 0 Å². The van der Waals surface area contributed by atoms with E-state index in [1.807, 2.05) is 24.3 Å². The number of aryl methyl sites for hydroxylation is 1. The van der Waals surface area contributed by atoms with Crippen LogP contribution in [0.15, 0.2) is 48.5 Å². The maximum absolute atomic E-state index is 10.2. The molecule has 2 atom stereocenters. The van der Waals surface area contributed by atoms with Crippen molar-refractivity contribution in [2.45, 2.75) is 45.8 Å². The molecule has 2 unspecified atom stereocenters. The molecule has 0 heterocycles. The van der Waals surface area contributed by atoms with Crippen LogP contribution in [0.2, 0.25) is 0 Å². The molecule has 2 rings (SSSR count). The minimum absolute atomic E-state index is 0.200. The summed E-state index contributed by atoms with van der Waals surface area (Å²) in [6, 6.07) is 16.7. The number of rotatable bonds is 8. The van der Waals surface area contributed by atoms with E-state index in [2.05, 4.69) is 57.3 Å². The highest BCUT2D eigenvalue weighted by Gasteiger charge is 2.12. The van der Waals surface area contributed by atoms with Gasteiger partial charge in [0.05, 0.1) is 0 Å². The third kappa shape index (κ3) is 5.36. The Morgan fingerprint density at radius 3 is 2.42 bits per heavy atom. The quantitative estimate of drug-likeness (QED) is 0.763. The highest BCUT2D eigenvalue weighted by Crippen LogP contribution is 2.27. The predicted octanol–water partition coefficient (Wildman–Crippen LogP) is 4.21. The van der Waals surface area contributed by atoms with Crippen molar-refractivity contribution in [1.82, 2.24) is 5.32 Å². The van der Waals surface area contributed by atoms with Gasteiger partial charge >= 0.3 is 0 Å². The summed E-state index contributed by atoms with van der Waals surface area (Å²) in [5.41, 5.74) is 3.56. The van der Waals surface area contributed by atoms with Crippen molar-refractivity contribution in [3.8, 4) is 5.75 Å². The first-order valence-corrected chi connectivity index (χ1v) is 8.67. The number of aliphatic hydroxyl groups is 1. The van der Waals surface area contributed by atoms with Crippen molar-refractivity contribution in [3.63, 3.8) is 0 Å². The van der Waals surface area contributed by atoms with Crippen molar-refractivity contribution in [3.05, 3.63) is 65.2 Å². The van der Waals surface area contributed by atoms with E-state index < -0.39 is 6.10 Å². The van der Waals surface area contributed by atoms with Gasteiger partial charge in [0.1, 0.15) is 18.5 Å². The van der Waals surface area contributed by atoms with Crippen LogP contribution in [0, 0.1) is 6.92 Å². The first-order valence-electron chi connectivity index (χ1n) is 8.67. The lowest BCUT2D eigenvalue weighted by Crippen LogP contribution is -2.33. The average Bonchev–Trinajstić information content (AvgIpc) is 2.58. The fourth-order valence-electron chi connectivity index (χ4n) is 2.66.